The highest BCUT2D eigenvalue weighted by Gasteiger charge is 2.28. The van der Waals surface area contributed by atoms with E-state index in [0.717, 1.165) is 36.3 Å². The summed E-state index contributed by atoms with van der Waals surface area (Å²) in [5.41, 5.74) is 2.22. The van der Waals surface area contributed by atoms with Gasteiger partial charge in [-0.1, -0.05) is 12.1 Å². The molecular formula is C15H21NO3. The van der Waals surface area contributed by atoms with E-state index in [1.165, 1.54) is 0 Å². The highest BCUT2D eigenvalue weighted by atomic mass is 16.5. The van der Waals surface area contributed by atoms with Gasteiger partial charge in [-0.25, -0.2) is 0 Å². The van der Waals surface area contributed by atoms with Gasteiger partial charge in [-0.15, -0.1) is 0 Å². The van der Waals surface area contributed by atoms with Crippen molar-refractivity contribution in [2.24, 2.45) is 0 Å². The molecule has 1 aromatic rings. The van der Waals surface area contributed by atoms with Crippen molar-refractivity contribution in [1.29, 1.82) is 0 Å². The summed E-state index contributed by atoms with van der Waals surface area (Å²) in [5.74, 6) is 0.713. The first-order valence-electron chi connectivity index (χ1n) is 6.73. The lowest BCUT2D eigenvalue weighted by molar-refractivity contribution is -0.134. The first-order chi connectivity index (χ1) is 9.13. The first-order valence-corrected chi connectivity index (χ1v) is 6.73. The van der Waals surface area contributed by atoms with Crippen molar-refractivity contribution in [1.82, 2.24) is 4.90 Å². The number of carbonyl (C=O) groups excluding carboxylic acids is 1. The number of hydrogen-bond donors (Lipinski definition) is 1. The van der Waals surface area contributed by atoms with Crippen LogP contribution < -0.4 is 4.74 Å². The molecule has 0 spiro atoms. The van der Waals surface area contributed by atoms with Crippen molar-refractivity contribution in [3.05, 3.63) is 29.3 Å². The predicted octanol–water partition coefficient (Wildman–Crippen LogP) is 1.67. The van der Waals surface area contributed by atoms with Crippen molar-refractivity contribution in [2.75, 3.05) is 19.8 Å². The van der Waals surface area contributed by atoms with Crippen LogP contribution in [-0.4, -0.2) is 41.7 Å². The lowest BCUT2D eigenvalue weighted by Crippen LogP contribution is -2.40. The molecule has 0 aliphatic carbocycles. The third-order valence-corrected chi connectivity index (χ3v) is 3.81. The second-order valence-corrected chi connectivity index (χ2v) is 5.05. The first kappa shape index (κ1) is 13.9. The maximum absolute atomic E-state index is 12.1. The number of likely N-dealkylation sites (tertiary alicyclic amines) is 1. The zero-order valence-electron chi connectivity index (χ0n) is 11.6. The zero-order valence-corrected chi connectivity index (χ0v) is 11.6. The van der Waals surface area contributed by atoms with E-state index in [0.29, 0.717) is 0 Å². The largest absolute Gasteiger partial charge is 0.483 e. The Kier molecular flexibility index (Phi) is 4.43. The van der Waals surface area contributed by atoms with Gasteiger partial charge < -0.3 is 14.7 Å². The smallest absolute Gasteiger partial charge is 0.260 e. The molecule has 1 aliphatic heterocycles. The normalized spacial score (nSPS) is 18.7. The van der Waals surface area contributed by atoms with Gasteiger partial charge in [0, 0.05) is 6.54 Å². The van der Waals surface area contributed by atoms with Crippen molar-refractivity contribution < 1.29 is 14.6 Å². The molecule has 1 amide bonds. The number of carbonyl (C=O) groups is 1. The van der Waals surface area contributed by atoms with E-state index >= 15 is 0 Å². The van der Waals surface area contributed by atoms with Gasteiger partial charge in [-0.3, -0.25) is 4.79 Å². The van der Waals surface area contributed by atoms with E-state index in [4.69, 9.17) is 4.74 Å². The van der Waals surface area contributed by atoms with Gasteiger partial charge in [0.25, 0.3) is 5.91 Å². The van der Waals surface area contributed by atoms with Crippen LogP contribution in [0.1, 0.15) is 24.0 Å². The number of hydrogen-bond acceptors (Lipinski definition) is 3. The SMILES string of the molecule is Cc1cccc(OCC(=O)N2CCC[C@@H]2CO)c1C. The molecule has 2 rings (SSSR count). The third kappa shape index (κ3) is 3.07. The van der Waals surface area contributed by atoms with Gasteiger partial charge in [0.2, 0.25) is 0 Å². The summed E-state index contributed by atoms with van der Waals surface area (Å²) in [7, 11) is 0. The number of benzene rings is 1. The van der Waals surface area contributed by atoms with E-state index in [1.807, 2.05) is 32.0 Å². The Bertz CT molecular complexity index is 459. The second kappa shape index (κ2) is 6.06. The average Bonchev–Trinajstić information content (AvgIpc) is 2.88. The molecule has 0 saturated carbocycles. The van der Waals surface area contributed by atoms with Crippen molar-refractivity contribution in [3.8, 4) is 5.75 Å². The average molecular weight is 263 g/mol. The maximum Gasteiger partial charge on any atom is 0.260 e. The number of aliphatic hydroxyl groups excluding tert-OH is 1. The lowest BCUT2D eigenvalue weighted by atomic mass is 10.1. The second-order valence-electron chi connectivity index (χ2n) is 5.05. The van der Waals surface area contributed by atoms with E-state index in [9.17, 15) is 9.90 Å². The number of aryl methyl sites for hydroxylation is 1. The van der Waals surface area contributed by atoms with Gasteiger partial charge in [-0.2, -0.15) is 0 Å². The minimum atomic E-state index is -0.0440. The van der Waals surface area contributed by atoms with Crippen LogP contribution in [0.2, 0.25) is 0 Å². The fraction of sp³-hybridized carbons (Fsp3) is 0.533. The Balaban J connectivity index is 1.95. The Morgan fingerprint density at radius 1 is 1.47 bits per heavy atom. The molecule has 104 valence electrons. The minimum absolute atomic E-state index is 0.0327. The third-order valence-electron chi connectivity index (χ3n) is 3.81. The Morgan fingerprint density at radius 2 is 2.26 bits per heavy atom. The molecule has 19 heavy (non-hydrogen) atoms. The molecule has 4 heteroatoms. The molecule has 1 fully saturated rings. The maximum atomic E-state index is 12.1. The predicted molar refractivity (Wildman–Crippen MR) is 73.2 cm³/mol. The highest BCUT2D eigenvalue weighted by molar-refractivity contribution is 5.78. The monoisotopic (exact) mass is 263 g/mol. The highest BCUT2D eigenvalue weighted by Crippen LogP contribution is 2.21. The molecule has 1 aromatic carbocycles. The van der Waals surface area contributed by atoms with Crippen LogP contribution in [0.25, 0.3) is 0 Å². The summed E-state index contributed by atoms with van der Waals surface area (Å²) in [4.78, 5) is 13.8. The van der Waals surface area contributed by atoms with Crippen molar-refractivity contribution in [3.63, 3.8) is 0 Å². The zero-order chi connectivity index (χ0) is 13.8. The van der Waals surface area contributed by atoms with E-state index < -0.39 is 0 Å². The van der Waals surface area contributed by atoms with Crippen LogP contribution in [0.5, 0.6) is 5.75 Å². The molecule has 4 nitrogen and oxygen atoms in total. The molecular weight excluding hydrogens is 242 g/mol. The summed E-state index contributed by atoms with van der Waals surface area (Å²) in [6.07, 6.45) is 1.84. The molecule has 0 radical (unpaired) electrons. The number of amides is 1. The van der Waals surface area contributed by atoms with E-state index in [-0.39, 0.29) is 25.2 Å². The molecule has 0 bridgehead atoms. The van der Waals surface area contributed by atoms with Crippen LogP contribution in [0.3, 0.4) is 0 Å². The summed E-state index contributed by atoms with van der Waals surface area (Å²) < 4.78 is 5.61. The Hall–Kier alpha value is -1.55. The lowest BCUT2D eigenvalue weighted by Gasteiger charge is -2.23. The standard InChI is InChI=1S/C15H21NO3/c1-11-5-3-7-14(12(11)2)19-10-15(18)16-8-4-6-13(16)9-17/h3,5,7,13,17H,4,6,8-10H2,1-2H3/t13-/m1/s1. The van der Waals surface area contributed by atoms with Gasteiger partial charge in [-0.05, 0) is 43.9 Å². The summed E-state index contributed by atoms with van der Waals surface area (Å²) in [5, 5.41) is 9.22. The molecule has 0 aromatic heterocycles. The van der Waals surface area contributed by atoms with Crippen LogP contribution >= 0.6 is 0 Å². The minimum Gasteiger partial charge on any atom is -0.483 e. The Morgan fingerprint density at radius 3 is 3.00 bits per heavy atom. The summed E-state index contributed by atoms with van der Waals surface area (Å²) >= 11 is 0. The van der Waals surface area contributed by atoms with E-state index in [1.54, 1.807) is 4.90 Å². The number of ether oxygens (including phenoxy) is 1. The van der Waals surface area contributed by atoms with Crippen LogP contribution in [0.4, 0.5) is 0 Å². The Labute approximate surface area is 114 Å². The van der Waals surface area contributed by atoms with Crippen LogP contribution in [-0.2, 0) is 4.79 Å². The molecule has 1 saturated heterocycles. The van der Waals surface area contributed by atoms with Crippen LogP contribution in [0, 0.1) is 13.8 Å². The van der Waals surface area contributed by atoms with Gasteiger partial charge in [0.15, 0.2) is 6.61 Å². The number of nitrogens with zero attached hydrogens (tertiary/aromatic N) is 1. The van der Waals surface area contributed by atoms with Gasteiger partial charge in [0.05, 0.1) is 12.6 Å². The number of aliphatic hydroxyl groups is 1. The van der Waals surface area contributed by atoms with Crippen molar-refractivity contribution >= 4 is 5.91 Å². The van der Waals surface area contributed by atoms with Gasteiger partial charge >= 0.3 is 0 Å². The molecule has 0 unspecified atom stereocenters. The summed E-state index contributed by atoms with van der Waals surface area (Å²) in [6.45, 7) is 4.81. The summed E-state index contributed by atoms with van der Waals surface area (Å²) in [6, 6.07) is 5.79. The van der Waals surface area contributed by atoms with Gasteiger partial charge in [0.1, 0.15) is 5.75 Å². The number of rotatable bonds is 4. The van der Waals surface area contributed by atoms with E-state index in [2.05, 4.69) is 0 Å². The molecule has 1 atom stereocenters. The molecule has 1 N–H and O–H groups in total. The molecule has 1 aliphatic rings. The van der Waals surface area contributed by atoms with Crippen molar-refractivity contribution in [2.45, 2.75) is 32.7 Å². The fourth-order valence-electron chi connectivity index (χ4n) is 2.46. The fourth-order valence-corrected chi connectivity index (χ4v) is 2.46. The van der Waals surface area contributed by atoms with Crippen LogP contribution in [0.15, 0.2) is 18.2 Å². The molecule has 1 heterocycles. The quantitative estimate of drug-likeness (QED) is 0.899. The topological polar surface area (TPSA) is 49.8 Å².